The fourth-order valence-corrected chi connectivity index (χ4v) is 5.34. The molecule has 0 amide bonds. The zero-order chi connectivity index (χ0) is 19.0. The van der Waals surface area contributed by atoms with Gasteiger partial charge in [-0.15, -0.1) is 0 Å². The van der Waals surface area contributed by atoms with Crippen LogP contribution in [0, 0.1) is 13.8 Å². The highest BCUT2D eigenvalue weighted by molar-refractivity contribution is 5.52. The quantitative estimate of drug-likeness (QED) is 0.640. The molecule has 2 fully saturated rings. The summed E-state index contributed by atoms with van der Waals surface area (Å²) in [5.74, 6) is 1.89. The second-order valence-electron chi connectivity index (χ2n) is 8.86. The van der Waals surface area contributed by atoms with Gasteiger partial charge in [0, 0.05) is 6.42 Å². The highest BCUT2D eigenvalue weighted by Crippen LogP contribution is 2.43. The van der Waals surface area contributed by atoms with Gasteiger partial charge in [-0.2, -0.15) is 0 Å². The second kappa shape index (κ2) is 7.58. The third-order valence-electron chi connectivity index (χ3n) is 6.70. The standard InChI is InChI=1S/C25H32O2/c1-16-11-20(24(26)22(13-16)18-7-3-4-8-18)15-21-12-17(2)14-23(25(21)27)19-9-5-6-10-19/h11-14,18-19,26-27H,3-10,15H2,1-2H3. The van der Waals surface area contributed by atoms with Crippen molar-refractivity contribution in [3.05, 3.63) is 57.6 Å². The molecule has 2 aromatic rings. The summed E-state index contributed by atoms with van der Waals surface area (Å²) in [6, 6.07) is 8.50. The lowest BCUT2D eigenvalue weighted by atomic mass is 9.88. The number of rotatable bonds is 4. The number of benzene rings is 2. The van der Waals surface area contributed by atoms with E-state index < -0.39 is 0 Å². The molecular formula is C25H32O2. The van der Waals surface area contributed by atoms with E-state index in [1.807, 2.05) is 0 Å². The predicted octanol–water partition coefficient (Wildman–Crippen LogP) is 6.62. The molecule has 27 heavy (non-hydrogen) atoms. The molecule has 2 N–H and O–H groups in total. The first-order chi connectivity index (χ1) is 13.0. The number of phenols is 2. The summed E-state index contributed by atoms with van der Waals surface area (Å²) >= 11 is 0. The Morgan fingerprint density at radius 2 is 1.04 bits per heavy atom. The molecule has 0 aromatic heterocycles. The molecule has 0 atom stereocenters. The summed E-state index contributed by atoms with van der Waals surface area (Å²) in [6.07, 6.45) is 10.4. The Kier molecular flexibility index (Phi) is 5.16. The Labute approximate surface area is 163 Å². The Morgan fingerprint density at radius 3 is 1.41 bits per heavy atom. The topological polar surface area (TPSA) is 40.5 Å². The second-order valence-corrected chi connectivity index (χ2v) is 8.86. The van der Waals surface area contributed by atoms with Crippen LogP contribution in [0.15, 0.2) is 24.3 Å². The van der Waals surface area contributed by atoms with Gasteiger partial charge in [-0.05, 0) is 73.6 Å². The molecule has 0 aliphatic heterocycles. The first-order valence-corrected chi connectivity index (χ1v) is 10.7. The van der Waals surface area contributed by atoms with Gasteiger partial charge in [0.1, 0.15) is 11.5 Å². The van der Waals surface area contributed by atoms with Crippen LogP contribution in [0.5, 0.6) is 11.5 Å². The number of hydrogen-bond acceptors (Lipinski definition) is 2. The molecule has 2 aromatic carbocycles. The van der Waals surface area contributed by atoms with Gasteiger partial charge in [0.05, 0.1) is 0 Å². The third kappa shape index (κ3) is 3.72. The zero-order valence-corrected chi connectivity index (χ0v) is 16.7. The molecule has 0 radical (unpaired) electrons. The molecule has 2 heteroatoms. The van der Waals surface area contributed by atoms with E-state index in [4.69, 9.17) is 0 Å². The third-order valence-corrected chi connectivity index (χ3v) is 6.70. The van der Waals surface area contributed by atoms with E-state index in [-0.39, 0.29) is 0 Å². The van der Waals surface area contributed by atoms with Crippen LogP contribution >= 0.6 is 0 Å². The highest BCUT2D eigenvalue weighted by atomic mass is 16.3. The lowest BCUT2D eigenvalue weighted by Crippen LogP contribution is -2.01. The van der Waals surface area contributed by atoms with Crippen molar-refractivity contribution in [3.8, 4) is 11.5 Å². The van der Waals surface area contributed by atoms with Crippen LogP contribution in [0.3, 0.4) is 0 Å². The van der Waals surface area contributed by atoms with E-state index in [0.717, 1.165) is 22.3 Å². The molecule has 0 bridgehead atoms. The molecule has 0 spiro atoms. The fraction of sp³-hybridized carbons (Fsp3) is 0.520. The Morgan fingerprint density at radius 1 is 0.667 bits per heavy atom. The average Bonchev–Trinajstić information content (AvgIpc) is 3.34. The molecule has 2 nitrogen and oxygen atoms in total. The summed E-state index contributed by atoms with van der Waals surface area (Å²) < 4.78 is 0. The molecule has 144 valence electrons. The maximum absolute atomic E-state index is 11.0. The van der Waals surface area contributed by atoms with Gasteiger partial charge in [0.25, 0.3) is 0 Å². The molecule has 2 aliphatic rings. The van der Waals surface area contributed by atoms with Crippen LogP contribution in [0.1, 0.15) is 96.6 Å². The molecular weight excluding hydrogens is 332 g/mol. The van der Waals surface area contributed by atoms with Gasteiger partial charge in [-0.3, -0.25) is 0 Å². The molecule has 4 rings (SSSR count). The molecule has 0 saturated heterocycles. The summed E-state index contributed by atoms with van der Waals surface area (Å²) in [6.45, 7) is 4.23. The molecule has 2 aliphatic carbocycles. The van der Waals surface area contributed by atoms with Crippen LogP contribution in [-0.2, 0) is 6.42 Å². The maximum Gasteiger partial charge on any atom is 0.122 e. The minimum Gasteiger partial charge on any atom is -0.507 e. The Bertz CT molecular complexity index is 755. The van der Waals surface area contributed by atoms with Crippen molar-refractivity contribution in [2.24, 2.45) is 0 Å². The van der Waals surface area contributed by atoms with E-state index in [2.05, 4.69) is 38.1 Å². The van der Waals surface area contributed by atoms with Crippen molar-refractivity contribution in [1.29, 1.82) is 0 Å². The van der Waals surface area contributed by atoms with Crippen LogP contribution < -0.4 is 0 Å². The van der Waals surface area contributed by atoms with Crippen LogP contribution in [-0.4, -0.2) is 10.2 Å². The number of phenolic OH excluding ortho intramolecular Hbond substituents is 2. The smallest absolute Gasteiger partial charge is 0.122 e. The monoisotopic (exact) mass is 364 g/mol. The van der Waals surface area contributed by atoms with Crippen molar-refractivity contribution in [1.82, 2.24) is 0 Å². The Balaban J connectivity index is 1.70. The van der Waals surface area contributed by atoms with Gasteiger partial charge in [0.2, 0.25) is 0 Å². The highest BCUT2D eigenvalue weighted by Gasteiger charge is 2.24. The van der Waals surface area contributed by atoms with E-state index in [1.54, 1.807) is 0 Å². The summed E-state index contributed by atoms with van der Waals surface area (Å²) in [7, 11) is 0. The van der Waals surface area contributed by atoms with Crippen molar-refractivity contribution < 1.29 is 10.2 Å². The summed E-state index contributed by atoms with van der Waals surface area (Å²) in [4.78, 5) is 0. The minimum absolute atomic E-state index is 0.454. The van der Waals surface area contributed by atoms with Gasteiger partial charge < -0.3 is 10.2 Å². The average molecular weight is 365 g/mol. The lowest BCUT2D eigenvalue weighted by molar-refractivity contribution is 0.448. The molecule has 2 saturated carbocycles. The summed E-state index contributed by atoms with van der Waals surface area (Å²) in [5, 5.41) is 22.0. The molecule has 0 heterocycles. The van der Waals surface area contributed by atoms with E-state index in [1.165, 1.54) is 62.5 Å². The normalized spacial score (nSPS) is 18.4. The number of hydrogen-bond donors (Lipinski definition) is 2. The van der Waals surface area contributed by atoms with Gasteiger partial charge in [0.15, 0.2) is 0 Å². The Hall–Kier alpha value is -1.96. The number of aromatic hydroxyl groups is 2. The van der Waals surface area contributed by atoms with Crippen molar-refractivity contribution >= 4 is 0 Å². The molecule has 0 unspecified atom stereocenters. The van der Waals surface area contributed by atoms with Crippen molar-refractivity contribution in [2.75, 3.05) is 0 Å². The van der Waals surface area contributed by atoms with E-state index in [0.29, 0.717) is 29.8 Å². The summed E-state index contributed by atoms with van der Waals surface area (Å²) in [5.41, 5.74) is 6.54. The van der Waals surface area contributed by atoms with Crippen LogP contribution in [0.4, 0.5) is 0 Å². The maximum atomic E-state index is 11.0. The van der Waals surface area contributed by atoms with Gasteiger partial charge in [-0.1, -0.05) is 61.1 Å². The fourth-order valence-electron chi connectivity index (χ4n) is 5.34. The van der Waals surface area contributed by atoms with E-state index in [9.17, 15) is 10.2 Å². The predicted molar refractivity (Wildman–Crippen MR) is 111 cm³/mol. The minimum atomic E-state index is 0.454. The van der Waals surface area contributed by atoms with E-state index >= 15 is 0 Å². The largest absolute Gasteiger partial charge is 0.507 e. The van der Waals surface area contributed by atoms with Crippen LogP contribution in [0.2, 0.25) is 0 Å². The first-order valence-electron chi connectivity index (χ1n) is 10.7. The SMILES string of the molecule is Cc1cc(Cc2cc(C)cc(C3CCCC3)c2O)c(O)c(C2CCCC2)c1. The zero-order valence-electron chi connectivity index (χ0n) is 16.7. The number of aryl methyl sites for hydroxylation is 2. The van der Waals surface area contributed by atoms with Crippen molar-refractivity contribution in [3.63, 3.8) is 0 Å². The van der Waals surface area contributed by atoms with Crippen molar-refractivity contribution in [2.45, 2.75) is 83.5 Å². The lowest BCUT2D eigenvalue weighted by Gasteiger charge is -2.19. The van der Waals surface area contributed by atoms with Gasteiger partial charge >= 0.3 is 0 Å². The van der Waals surface area contributed by atoms with Crippen LogP contribution in [0.25, 0.3) is 0 Å². The first kappa shape index (κ1) is 18.4. The van der Waals surface area contributed by atoms with Gasteiger partial charge in [-0.25, -0.2) is 0 Å².